The third-order valence-electron chi connectivity index (χ3n) is 2.60. The van der Waals surface area contributed by atoms with E-state index in [0.717, 1.165) is 5.56 Å². The average Bonchev–Trinajstić information content (AvgIpc) is 3.04. The predicted octanol–water partition coefficient (Wildman–Crippen LogP) is 2.07. The summed E-state index contributed by atoms with van der Waals surface area (Å²) in [5, 5.41) is 15.9. The van der Waals surface area contributed by atoms with Crippen LogP contribution in [0.15, 0.2) is 40.0 Å². The molecule has 0 aliphatic heterocycles. The van der Waals surface area contributed by atoms with Crippen LogP contribution in [0.1, 0.15) is 16.1 Å². The van der Waals surface area contributed by atoms with Crippen LogP contribution in [0.25, 0.3) is 0 Å². The Hall–Kier alpha value is -1.63. The SMILES string of the molecule is O=C(CNC(=O)c1ccco1)N/N=C\c1cc(I)c(O)c(I)c1. The van der Waals surface area contributed by atoms with Crippen LogP contribution < -0.4 is 10.7 Å². The van der Waals surface area contributed by atoms with Crippen LogP contribution in [0.2, 0.25) is 0 Å². The first kappa shape index (κ1) is 17.7. The molecule has 2 amide bonds. The first-order chi connectivity index (χ1) is 11.0. The summed E-state index contributed by atoms with van der Waals surface area (Å²) in [7, 11) is 0. The van der Waals surface area contributed by atoms with E-state index in [0.29, 0.717) is 7.14 Å². The third kappa shape index (κ3) is 5.20. The van der Waals surface area contributed by atoms with Crippen molar-refractivity contribution in [2.24, 2.45) is 5.10 Å². The number of hydrogen-bond donors (Lipinski definition) is 3. The number of hydrazone groups is 1. The number of furan rings is 1. The molecule has 1 heterocycles. The number of aromatic hydroxyl groups is 1. The summed E-state index contributed by atoms with van der Waals surface area (Å²) in [6.07, 6.45) is 2.83. The number of carbonyl (C=O) groups is 2. The molecule has 0 bridgehead atoms. The highest BCUT2D eigenvalue weighted by Crippen LogP contribution is 2.26. The molecule has 0 saturated carbocycles. The van der Waals surface area contributed by atoms with Crippen molar-refractivity contribution in [3.05, 3.63) is 49.0 Å². The van der Waals surface area contributed by atoms with Gasteiger partial charge in [-0.15, -0.1) is 0 Å². The molecule has 0 fully saturated rings. The largest absolute Gasteiger partial charge is 0.506 e. The zero-order valence-electron chi connectivity index (χ0n) is 11.5. The highest BCUT2D eigenvalue weighted by atomic mass is 127. The van der Waals surface area contributed by atoms with Crippen LogP contribution in [0.4, 0.5) is 0 Å². The van der Waals surface area contributed by atoms with Crippen LogP contribution in [0.5, 0.6) is 5.75 Å². The first-order valence-electron chi connectivity index (χ1n) is 6.29. The maximum absolute atomic E-state index is 11.6. The monoisotopic (exact) mass is 539 g/mol. The van der Waals surface area contributed by atoms with Gasteiger partial charge in [0.2, 0.25) is 0 Å². The van der Waals surface area contributed by atoms with Crippen LogP contribution in [-0.2, 0) is 4.79 Å². The lowest BCUT2D eigenvalue weighted by Crippen LogP contribution is -2.34. The lowest BCUT2D eigenvalue weighted by molar-refractivity contribution is -0.120. The van der Waals surface area contributed by atoms with Crippen LogP contribution >= 0.6 is 45.2 Å². The van der Waals surface area contributed by atoms with Gasteiger partial charge in [0.25, 0.3) is 11.8 Å². The molecule has 0 aliphatic rings. The summed E-state index contributed by atoms with van der Waals surface area (Å²) < 4.78 is 6.28. The minimum absolute atomic E-state index is 0.134. The van der Waals surface area contributed by atoms with Gasteiger partial charge in [-0.25, -0.2) is 5.43 Å². The van der Waals surface area contributed by atoms with Crippen LogP contribution in [0, 0.1) is 7.14 Å². The van der Waals surface area contributed by atoms with E-state index in [-0.39, 0.29) is 18.1 Å². The third-order valence-corrected chi connectivity index (χ3v) is 4.24. The maximum Gasteiger partial charge on any atom is 0.287 e. The van der Waals surface area contributed by atoms with Gasteiger partial charge in [-0.2, -0.15) is 5.10 Å². The Morgan fingerprint density at radius 2 is 2.00 bits per heavy atom. The maximum atomic E-state index is 11.6. The normalized spacial score (nSPS) is 10.7. The van der Waals surface area contributed by atoms with Crippen molar-refractivity contribution in [1.82, 2.24) is 10.7 Å². The molecule has 2 rings (SSSR count). The molecule has 120 valence electrons. The van der Waals surface area contributed by atoms with Crippen molar-refractivity contribution in [1.29, 1.82) is 0 Å². The standard InChI is InChI=1S/C14H11I2N3O4/c15-9-4-8(5-10(16)13(9)21)6-18-19-12(20)7-17-14(22)11-2-1-3-23-11/h1-6,21H,7H2,(H,17,22)(H,19,20)/b18-6-. The van der Waals surface area contributed by atoms with Crippen molar-refractivity contribution in [3.8, 4) is 5.75 Å². The van der Waals surface area contributed by atoms with Gasteiger partial charge in [0, 0.05) is 0 Å². The van der Waals surface area contributed by atoms with E-state index in [9.17, 15) is 14.7 Å². The van der Waals surface area contributed by atoms with Crippen molar-refractivity contribution >= 4 is 63.2 Å². The molecule has 0 atom stereocenters. The number of phenols is 1. The molecular weight excluding hydrogens is 528 g/mol. The molecule has 1 aromatic carbocycles. The smallest absolute Gasteiger partial charge is 0.287 e. The van der Waals surface area contributed by atoms with E-state index in [2.05, 4.69) is 15.8 Å². The number of amides is 2. The highest BCUT2D eigenvalue weighted by Gasteiger charge is 2.09. The topological polar surface area (TPSA) is 104 Å². The molecule has 7 nitrogen and oxygen atoms in total. The number of carbonyl (C=O) groups excluding carboxylic acids is 2. The second-order valence-electron chi connectivity index (χ2n) is 4.29. The first-order valence-corrected chi connectivity index (χ1v) is 8.44. The van der Waals surface area contributed by atoms with Gasteiger partial charge < -0.3 is 14.8 Å². The molecule has 9 heteroatoms. The number of benzene rings is 1. The summed E-state index contributed by atoms with van der Waals surface area (Å²) in [5.74, 6) is -0.594. The van der Waals surface area contributed by atoms with Gasteiger partial charge in [-0.3, -0.25) is 9.59 Å². The fraction of sp³-hybridized carbons (Fsp3) is 0.0714. The average molecular weight is 539 g/mol. The summed E-state index contributed by atoms with van der Waals surface area (Å²) in [5.41, 5.74) is 3.04. The van der Waals surface area contributed by atoms with Crippen molar-refractivity contribution in [2.45, 2.75) is 0 Å². The van der Waals surface area contributed by atoms with E-state index in [4.69, 9.17) is 4.42 Å². The molecule has 0 spiro atoms. The fourth-order valence-electron chi connectivity index (χ4n) is 1.53. The molecule has 23 heavy (non-hydrogen) atoms. The zero-order chi connectivity index (χ0) is 16.8. The van der Waals surface area contributed by atoms with E-state index >= 15 is 0 Å². The second kappa shape index (κ2) is 8.29. The lowest BCUT2D eigenvalue weighted by atomic mass is 10.2. The zero-order valence-corrected chi connectivity index (χ0v) is 15.9. The minimum Gasteiger partial charge on any atom is -0.506 e. The van der Waals surface area contributed by atoms with Crippen molar-refractivity contribution < 1.29 is 19.1 Å². The molecule has 0 saturated heterocycles. The Labute approximate surface area is 158 Å². The fourth-order valence-corrected chi connectivity index (χ4v) is 3.35. The molecule has 0 unspecified atom stereocenters. The lowest BCUT2D eigenvalue weighted by Gasteiger charge is -2.03. The van der Waals surface area contributed by atoms with Crippen molar-refractivity contribution in [3.63, 3.8) is 0 Å². The summed E-state index contributed by atoms with van der Waals surface area (Å²) in [6, 6.07) is 6.54. The minimum atomic E-state index is -0.475. The number of halogens is 2. The Bertz CT molecular complexity index is 721. The quantitative estimate of drug-likeness (QED) is 0.308. The van der Waals surface area contributed by atoms with Gasteiger partial charge in [-0.05, 0) is 75.0 Å². The number of nitrogens with one attached hydrogen (secondary N) is 2. The Balaban J connectivity index is 1.83. The molecule has 3 N–H and O–H groups in total. The van der Waals surface area contributed by atoms with Gasteiger partial charge in [-0.1, -0.05) is 0 Å². The highest BCUT2D eigenvalue weighted by molar-refractivity contribution is 14.1. The van der Waals surface area contributed by atoms with Gasteiger partial charge in [0.05, 0.1) is 26.2 Å². The van der Waals surface area contributed by atoms with E-state index in [1.807, 2.05) is 45.2 Å². The molecule has 1 aromatic heterocycles. The summed E-state index contributed by atoms with van der Waals surface area (Å²) in [6.45, 7) is -0.221. The van der Waals surface area contributed by atoms with E-state index < -0.39 is 11.8 Å². The molecule has 0 aliphatic carbocycles. The van der Waals surface area contributed by atoms with Crippen LogP contribution in [0.3, 0.4) is 0 Å². The molecule has 2 aromatic rings. The Morgan fingerprint density at radius 1 is 1.30 bits per heavy atom. The molecular formula is C14H11I2N3O4. The second-order valence-corrected chi connectivity index (χ2v) is 6.61. The van der Waals surface area contributed by atoms with Crippen molar-refractivity contribution in [2.75, 3.05) is 6.54 Å². The number of nitrogens with zero attached hydrogens (tertiary/aromatic N) is 1. The summed E-state index contributed by atoms with van der Waals surface area (Å²) >= 11 is 4.01. The van der Waals surface area contributed by atoms with Crippen LogP contribution in [-0.4, -0.2) is 29.7 Å². The number of rotatable bonds is 5. The Kier molecular flexibility index (Phi) is 6.38. The van der Waals surface area contributed by atoms with Gasteiger partial charge in [0.1, 0.15) is 5.75 Å². The predicted molar refractivity (Wildman–Crippen MR) is 100 cm³/mol. The van der Waals surface area contributed by atoms with E-state index in [1.165, 1.54) is 18.5 Å². The molecule has 0 radical (unpaired) electrons. The van der Waals surface area contributed by atoms with E-state index in [1.54, 1.807) is 18.2 Å². The Morgan fingerprint density at radius 3 is 2.61 bits per heavy atom. The van der Waals surface area contributed by atoms with Gasteiger partial charge in [0.15, 0.2) is 5.76 Å². The summed E-state index contributed by atoms with van der Waals surface area (Å²) in [4.78, 5) is 23.1. The van der Waals surface area contributed by atoms with Gasteiger partial charge >= 0.3 is 0 Å². The number of hydrogen-bond acceptors (Lipinski definition) is 5. The number of phenolic OH excluding ortho intramolecular Hbond substituents is 1.